The van der Waals surface area contributed by atoms with Gasteiger partial charge in [-0.15, -0.1) is 0 Å². The number of carbonyl (C=O) groups excluding carboxylic acids is 6. The lowest BCUT2D eigenvalue weighted by Gasteiger charge is -2.27. The van der Waals surface area contributed by atoms with Gasteiger partial charge in [0.2, 0.25) is 23.6 Å². The van der Waals surface area contributed by atoms with Crippen molar-refractivity contribution in [3.05, 3.63) is 29.3 Å². The molecule has 0 aliphatic carbocycles. The first kappa shape index (κ1) is 24.0. The Labute approximate surface area is 181 Å². The lowest BCUT2D eigenvalue weighted by Crippen LogP contribution is -2.54. The van der Waals surface area contributed by atoms with Crippen LogP contribution in [-0.2, 0) is 24.0 Å². The van der Waals surface area contributed by atoms with Gasteiger partial charge in [0.1, 0.15) is 6.04 Å². The van der Waals surface area contributed by atoms with E-state index < -0.39 is 35.6 Å². The highest BCUT2D eigenvalue weighted by Crippen LogP contribution is 2.29. The number of hydrogen-bond acceptors (Lipinski definition) is 8. The minimum atomic E-state index is -1.04. The first-order chi connectivity index (χ1) is 15.2. The molecule has 3 rings (SSSR count). The van der Waals surface area contributed by atoms with E-state index in [0.29, 0.717) is 5.69 Å². The van der Waals surface area contributed by atoms with Crippen molar-refractivity contribution in [2.45, 2.75) is 18.9 Å². The summed E-state index contributed by atoms with van der Waals surface area (Å²) in [6, 6.07) is 3.36. The molecule has 2 aliphatic rings. The number of nitrogens with one attached hydrogen (secondary N) is 4. The fraction of sp³-hybridized carbons (Fsp3) is 0.316. The summed E-state index contributed by atoms with van der Waals surface area (Å²) in [6.45, 7) is -0.552. The summed E-state index contributed by atoms with van der Waals surface area (Å²) in [6.07, 6.45) is 0.120. The van der Waals surface area contributed by atoms with Crippen LogP contribution in [0.5, 0.6) is 0 Å². The average molecular weight is 447 g/mol. The molecule has 0 aromatic heterocycles. The van der Waals surface area contributed by atoms with E-state index in [1.807, 2.05) is 0 Å². The minimum Gasteiger partial charge on any atom is -0.483 e. The lowest BCUT2D eigenvalue weighted by atomic mass is 10.0. The van der Waals surface area contributed by atoms with Crippen LogP contribution in [0.15, 0.2) is 18.2 Å². The second-order valence-electron chi connectivity index (χ2n) is 6.62. The molecule has 2 aliphatic heterocycles. The number of carbonyl (C=O) groups is 7. The van der Waals surface area contributed by atoms with Crippen molar-refractivity contribution in [1.29, 1.82) is 0 Å². The highest BCUT2D eigenvalue weighted by atomic mass is 16.3. The third kappa shape index (κ3) is 5.44. The van der Waals surface area contributed by atoms with Crippen molar-refractivity contribution in [3.8, 4) is 0 Å². The summed E-state index contributed by atoms with van der Waals surface area (Å²) in [5, 5.41) is 16.6. The summed E-state index contributed by atoms with van der Waals surface area (Å²) < 4.78 is 0. The maximum Gasteiger partial charge on any atom is 0.290 e. The molecule has 0 radical (unpaired) electrons. The maximum absolute atomic E-state index is 12.7. The van der Waals surface area contributed by atoms with E-state index in [1.165, 1.54) is 25.2 Å². The van der Waals surface area contributed by atoms with Crippen LogP contribution in [0.2, 0.25) is 0 Å². The van der Waals surface area contributed by atoms with Crippen LogP contribution in [0.3, 0.4) is 0 Å². The summed E-state index contributed by atoms with van der Waals surface area (Å²) in [4.78, 5) is 80.8. The van der Waals surface area contributed by atoms with Gasteiger partial charge in [0.25, 0.3) is 18.3 Å². The number of hydrogen-bond donors (Lipinski definition) is 5. The van der Waals surface area contributed by atoms with Crippen molar-refractivity contribution in [2.24, 2.45) is 0 Å². The molecule has 1 atom stereocenters. The van der Waals surface area contributed by atoms with Crippen LogP contribution in [0.1, 0.15) is 33.6 Å². The molecule has 6 amide bonds. The monoisotopic (exact) mass is 447 g/mol. The normalized spacial score (nSPS) is 16.9. The van der Waals surface area contributed by atoms with E-state index in [1.54, 1.807) is 0 Å². The van der Waals surface area contributed by atoms with Gasteiger partial charge < -0.3 is 21.1 Å². The quantitative estimate of drug-likeness (QED) is 0.244. The number of benzene rings is 1. The van der Waals surface area contributed by atoms with Crippen molar-refractivity contribution in [1.82, 2.24) is 20.9 Å². The Bertz CT molecular complexity index is 976. The molecule has 2 heterocycles. The SMILES string of the molecule is CNC(=O)CNC(=O)CNc1ccc2c(c1)C(=O)N(C1CCC(=O)NC1=O)C2=O.O=CO. The summed E-state index contributed by atoms with van der Waals surface area (Å²) in [5.74, 6) is -3.12. The molecule has 1 fully saturated rings. The zero-order chi connectivity index (χ0) is 23.8. The van der Waals surface area contributed by atoms with E-state index in [0.717, 1.165) is 4.90 Å². The van der Waals surface area contributed by atoms with E-state index >= 15 is 0 Å². The summed E-state index contributed by atoms with van der Waals surface area (Å²) in [5.41, 5.74) is 0.676. The largest absolute Gasteiger partial charge is 0.483 e. The van der Waals surface area contributed by atoms with Gasteiger partial charge >= 0.3 is 0 Å². The molecule has 1 unspecified atom stereocenters. The molecule has 170 valence electrons. The van der Waals surface area contributed by atoms with Crippen LogP contribution < -0.4 is 21.3 Å². The summed E-state index contributed by atoms with van der Waals surface area (Å²) in [7, 11) is 1.45. The average Bonchev–Trinajstić information content (AvgIpc) is 3.01. The second kappa shape index (κ2) is 10.7. The van der Waals surface area contributed by atoms with Crippen molar-refractivity contribution >= 4 is 47.6 Å². The van der Waals surface area contributed by atoms with Crippen molar-refractivity contribution in [3.63, 3.8) is 0 Å². The molecule has 13 nitrogen and oxygen atoms in total. The zero-order valence-corrected chi connectivity index (χ0v) is 17.0. The first-order valence-electron chi connectivity index (χ1n) is 9.38. The number of nitrogens with zero attached hydrogens (tertiary/aromatic N) is 1. The number of fused-ring (bicyclic) bond motifs is 1. The van der Waals surface area contributed by atoms with Gasteiger partial charge in [-0.05, 0) is 24.6 Å². The topological polar surface area (TPSA) is 191 Å². The number of carboxylic acid groups (broad SMARTS) is 1. The number of anilines is 1. The van der Waals surface area contributed by atoms with Gasteiger partial charge in [-0.1, -0.05) is 0 Å². The number of amides is 6. The van der Waals surface area contributed by atoms with Gasteiger partial charge in [-0.3, -0.25) is 43.8 Å². The van der Waals surface area contributed by atoms with Crippen molar-refractivity contribution < 1.29 is 38.7 Å². The molecule has 0 saturated carbocycles. The molecule has 1 aromatic carbocycles. The van der Waals surface area contributed by atoms with Gasteiger partial charge in [0, 0.05) is 19.2 Å². The van der Waals surface area contributed by atoms with E-state index in [4.69, 9.17) is 9.90 Å². The van der Waals surface area contributed by atoms with Gasteiger partial charge in [0.15, 0.2) is 0 Å². The Balaban J connectivity index is 0.00000114. The molecular formula is C19H21N5O8. The Morgan fingerprint density at radius 3 is 2.41 bits per heavy atom. The van der Waals surface area contributed by atoms with Crippen LogP contribution in [-0.4, -0.2) is 78.1 Å². The minimum absolute atomic E-state index is 0.0434. The van der Waals surface area contributed by atoms with Crippen molar-refractivity contribution in [2.75, 3.05) is 25.5 Å². The van der Waals surface area contributed by atoms with Crippen LogP contribution in [0, 0.1) is 0 Å². The Kier molecular flexibility index (Phi) is 7.98. The van der Waals surface area contributed by atoms with Gasteiger partial charge in [-0.25, -0.2) is 0 Å². The molecule has 13 heteroatoms. The predicted molar refractivity (Wildman–Crippen MR) is 107 cm³/mol. The molecule has 1 aromatic rings. The molecule has 0 bridgehead atoms. The summed E-state index contributed by atoms with van der Waals surface area (Å²) >= 11 is 0. The fourth-order valence-electron chi connectivity index (χ4n) is 3.09. The molecular weight excluding hydrogens is 426 g/mol. The Hall–Kier alpha value is -4.29. The standard InChI is InChI=1S/C18H19N5O6.CH2O2/c1-19-14(25)7-21-15(26)8-20-9-2-3-10-11(6-9)18(29)23(17(10)28)12-4-5-13(24)22-16(12)27;2-1-3/h2-3,6,12,20H,4-5,7-8H2,1H3,(H,19,25)(H,21,26)(H,22,24,27);1H,(H,2,3). The number of likely N-dealkylation sites (N-methyl/N-ethyl adjacent to an activating group) is 1. The molecule has 0 spiro atoms. The number of piperidine rings is 1. The first-order valence-corrected chi connectivity index (χ1v) is 9.38. The predicted octanol–water partition coefficient (Wildman–Crippen LogP) is -1.94. The fourth-order valence-corrected chi connectivity index (χ4v) is 3.09. The van der Waals surface area contributed by atoms with Gasteiger partial charge in [-0.2, -0.15) is 0 Å². The Morgan fingerprint density at radius 1 is 1.12 bits per heavy atom. The van der Waals surface area contributed by atoms with E-state index in [9.17, 15) is 28.8 Å². The van der Waals surface area contributed by atoms with Crippen LogP contribution in [0.4, 0.5) is 5.69 Å². The highest BCUT2D eigenvalue weighted by Gasteiger charge is 2.44. The smallest absolute Gasteiger partial charge is 0.290 e. The Morgan fingerprint density at radius 2 is 1.78 bits per heavy atom. The number of imide groups is 2. The third-order valence-corrected chi connectivity index (χ3v) is 4.62. The van der Waals surface area contributed by atoms with Gasteiger partial charge in [0.05, 0.1) is 24.2 Å². The lowest BCUT2D eigenvalue weighted by molar-refractivity contribution is -0.136. The molecule has 5 N–H and O–H groups in total. The van der Waals surface area contributed by atoms with E-state index in [2.05, 4.69) is 21.3 Å². The highest BCUT2D eigenvalue weighted by molar-refractivity contribution is 6.23. The number of rotatable bonds is 6. The third-order valence-electron chi connectivity index (χ3n) is 4.62. The zero-order valence-electron chi connectivity index (χ0n) is 17.0. The maximum atomic E-state index is 12.7. The van der Waals surface area contributed by atoms with Crippen LogP contribution >= 0.6 is 0 Å². The van der Waals surface area contributed by atoms with Crippen LogP contribution in [0.25, 0.3) is 0 Å². The molecule has 1 saturated heterocycles. The van der Waals surface area contributed by atoms with E-state index in [-0.39, 0.29) is 49.4 Å². The second-order valence-corrected chi connectivity index (χ2v) is 6.62. The molecule has 32 heavy (non-hydrogen) atoms.